The molecule has 176 valence electrons. The van der Waals surface area contributed by atoms with E-state index in [1.165, 1.54) is 24.3 Å². The van der Waals surface area contributed by atoms with Crippen molar-refractivity contribution >= 4 is 16.0 Å². The average molecular weight is 478 g/mol. The molecule has 0 aliphatic rings. The van der Waals surface area contributed by atoms with Crippen LogP contribution in [0.3, 0.4) is 0 Å². The van der Waals surface area contributed by atoms with Gasteiger partial charge in [-0.1, -0.05) is 37.3 Å². The molecule has 2 N–H and O–H groups in total. The van der Waals surface area contributed by atoms with E-state index >= 15 is 0 Å². The van der Waals surface area contributed by atoms with Crippen LogP contribution in [0.4, 0.5) is 8.78 Å². The van der Waals surface area contributed by atoms with Crippen LogP contribution in [0.15, 0.2) is 65.6 Å². The van der Waals surface area contributed by atoms with Crippen LogP contribution < -0.4 is 9.46 Å². The summed E-state index contributed by atoms with van der Waals surface area (Å²) in [5, 5.41) is 9.30. The van der Waals surface area contributed by atoms with Gasteiger partial charge < -0.3 is 9.84 Å². The first-order valence-corrected chi connectivity index (χ1v) is 11.7. The number of carboxylic acids is 1. The van der Waals surface area contributed by atoms with E-state index in [2.05, 4.69) is 4.72 Å². The number of halogens is 2. The van der Waals surface area contributed by atoms with Gasteiger partial charge in [0.15, 0.2) is 11.6 Å². The molecule has 0 unspecified atom stereocenters. The number of sulfonamides is 1. The van der Waals surface area contributed by atoms with Gasteiger partial charge in [0, 0.05) is 13.5 Å². The van der Waals surface area contributed by atoms with Crippen LogP contribution in [-0.4, -0.2) is 26.0 Å². The number of rotatable bonds is 10. The zero-order valence-electron chi connectivity index (χ0n) is 17.8. The van der Waals surface area contributed by atoms with Gasteiger partial charge in [-0.3, -0.25) is 0 Å². The number of aromatic carboxylic acids is 1. The molecule has 6 nitrogen and oxygen atoms in total. The topological polar surface area (TPSA) is 92.7 Å². The first-order chi connectivity index (χ1) is 15.7. The lowest BCUT2D eigenvalue weighted by Crippen LogP contribution is -2.26. The summed E-state index contributed by atoms with van der Waals surface area (Å²) < 4.78 is 60.0. The van der Waals surface area contributed by atoms with Gasteiger partial charge in [0.05, 0.1) is 10.5 Å². The van der Waals surface area contributed by atoms with Crippen LogP contribution in [0.2, 0.25) is 0 Å². The Hall–Kier alpha value is -3.30. The minimum atomic E-state index is -3.87. The molecule has 3 rings (SSSR count). The third kappa shape index (κ3) is 6.15. The van der Waals surface area contributed by atoms with Crippen LogP contribution in [0.25, 0.3) is 0 Å². The maximum absolute atomic E-state index is 13.7. The molecule has 0 bridgehead atoms. The number of carbonyl (C=O) groups is 1. The van der Waals surface area contributed by atoms with Crippen LogP contribution in [0.5, 0.6) is 5.75 Å². The number of hydrogen-bond acceptors (Lipinski definition) is 4. The summed E-state index contributed by atoms with van der Waals surface area (Å²) in [5.41, 5.74) is 1.46. The highest BCUT2D eigenvalue weighted by Gasteiger charge is 2.18. The van der Waals surface area contributed by atoms with Crippen molar-refractivity contribution in [2.24, 2.45) is 0 Å². The maximum atomic E-state index is 13.7. The average Bonchev–Trinajstić information content (AvgIpc) is 2.80. The molecule has 3 aromatic carbocycles. The highest BCUT2D eigenvalue weighted by atomic mass is 32.2. The van der Waals surface area contributed by atoms with E-state index in [1.54, 1.807) is 31.2 Å². The number of nitrogens with one attached hydrogen (secondary N) is 1. The summed E-state index contributed by atoms with van der Waals surface area (Å²) in [7, 11) is -3.87. The zero-order chi connectivity index (χ0) is 24.0. The highest BCUT2D eigenvalue weighted by molar-refractivity contribution is 7.89. The molecule has 3 aromatic rings. The third-order valence-corrected chi connectivity index (χ3v) is 6.52. The lowest BCUT2D eigenvalue weighted by molar-refractivity contribution is 0.0695. The van der Waals surface area contributed by atoms with E-state index in [1.807, 2.05) is 0 Å². The first kappa shape index (κ1) is 24.3. The zero-order valence-corrected chi connectivity index (χ0v) is 18.7. The van der Waals surface area contributed by atoms with Crippen LogP contribution in [0, 0.1) is 11.6 Å². The van der Waals surface area contributed by atoms with E-state index in [0.717, 1.165) is 17.7 Å². The van der Waals surface area contributed by atoms with E-state index in [0.29, 0.717) is 24.2 Å². The predicted octanol–water partition coefficient (Wildman–Crippen LogP) is 4.57. The van der Waals surface area contributed by atoms with Gasteiger partial charge in [-0.05, 0) is 54.3 Å². The summed E-state index contributed by atoms with van der Waals surface area (Å²) in [6.07, 6.45) is 0.864. The molecule has 0 aliphatic heterocycles. The number of aryl methyl sites for hydroxylation is 1. The molecular weight excluding hydrogens is 452 g/mol. The molecule has 33 heavy (non-hydrogen) atoms. The molecule has 0 aromatic heterocycles. The molecule has 0 aliphatic carbocycles. The highest BCUT2D eigenvalue weighted by Crippen LogP contribution is 2.19. The number of hydrogen-bond donors (Lipinski definition) is 2. The van der Waals surface area contributed by atoms with Gasteiger partial charge in [0.2, 0.25) is 10.0 Å². The second-order valence-corrected chi connectivity index (χ2v) is 9.04. The Labute approximate surface area is 192 Å². The lowest BCUT2D eigenvalue weighted by Gasteiger charge is -2.10. The summed E-state index contributed by atoms with van der Waals surface area (Å²) in [6, 6.07) is 14.7. The summed E-state index contributed by atoms with van der Waals surface area (Å²) in [5.74, 6) is -2.60. The van der Waals surface area contributed by atoms with Gasteiger partial charge in [-0.15, -0.1) is 0 Å². The summed E-state index contributed by atoms with van der Waals surface area (Å²) in [6.45, 7) is 1.77. The van der Waals surface area contributed by atoms with Crippen molar-refractivity contribution in [2.45, 2.75) is 31.3 Å². The number of ether oxygens (including phenoxy) is 1. The SMILES string of the molecule is CCc1ccc(S(=O)(=O)NCCc2ccc(OCc3cccc(F)c3F)cc2)cc1C(=O)O.[HH]. The molecule has 0 heterocycles. The largest absolute Gasteiger partial charge is 0.489 e. The summed E-state index contributed by atoms with van der Waals surface area (Å²) >= 11 is 0. The Balaban J connectivity index is 0.00000408. The van der Waals surface area contributed by atoms with E-state index in [4.69, 9.17) is 4.74 Å². The summed E-state index contributed by atoms with van der Waals surface area (Å²) in [4.78, 5) is 11.3. The second kappa shape index (κ2) is 10.5. The van der Waals surface area contributed by atoms with Crippen LogP contribution in [-0.2, 0) is 29.5 Å². The Kier molecular flexibility index (Phi) is 7.78. The Morgan fingerprint density at radius 3 is 2.45 bits per heavy atom. The van der Waals surface area contributed by atoms with Crippen molar-refractivity contribution in [3.63, 3.8) is 0 Å². The molecule has 0 atom stereocenters. The monoisotopic (exact) mass is 477 g/mol. The molecule has 0 radical (unpaired) electrons. The lowest BCUT2D eigenvalue weighted by atomic mass is 10.1. The molecule has 0 saturated carbocycles. The van der Waals surface area contributed by atoms with Crippen molar-refractivity contribution in [1.82, 2.24) is 4.72 Å². The molecule has 0 fully saturated rings. The minimum Gasteiger partial charge on any atom is -0.489 e. The van der Waals surface area contributed by atoms with Crippen molar-refractivity contribution in [1.29, 1.82) is 0 Å². The van der Waals surface area contributed by atoms with E-state index < -0.39 is 27.6 Å². The fourth-order valence-corrected chi connectivity index (χ4v) is 4.27. The van der Waals surface area contributed by atoms with Gasteiger partial charge >= 0.3 is 5.97 Å². The maximum Gasteiger partial charge on any atom is 0.336 e. The van der Waals surface area contributed by atoms with Crippen molar-refractivity contribution in [3.05, 3.63) is 94.6 Å². The molecule has 9 heteroatoms. The van der Waals surface area contributed by atoms with E-state index in [-0.39, 0.29) is 30.6 Å². The van der Waals surface area contributed by atoms with E-state index in [9.17, 15) is 27.1 Å². The molecular formula is C24H25F2NO5S. The second-order valence-electron chi connectivity index (χ2n) is 7.27. The Bertz CT molecular complexity index is 1250. The standard InChI is InChI=1S/C24H23F2NO5S.H2/c1-2-17-8-11-20(14-21(17)24(28)29)33(30,31)27-13-12-16-6-9-19(10-7-16)32-15-18-4-3-5-22(25)23(18)26;/h3-11,14,27H,2,12-13,15H2,1H3,(H,28,29);1H. The Morgan fingerprint density at radius 1 is 1.06 bits per heavy atom. The fourth-order valence-electron chi connectivity index (χ4n) is 3.22. The van der Waals surface area contributed by atoms with Crippen LogP contribution >= 0.6 is 0 Å². The van der Waals surface area contributed by atoms with Crippen LogP contribution in [0.1, 0.15) is 35.4 Å². The van der Waals surface area contributed by atoms with Gasteiger partial charge in [0.1, 0.15) is 12.4 Å². The number of carboxylic acid groups (broad SMARTS) is 1. The van der Waals surface area contributed by atoms with Crippen molar-refractivity contribution in [2.75, 3.05) is 6.54 Å². The van der Waals surface area contributed by atoms with Crippen molar-refractivity contribution < 1.29 is 33.3 Å². The van der Waals surface area contributed by atoms with Crippen molar-refractivity contribution in [3.8, 4) is 5.75 Å². The van der Waals surface area contributed by atoms with Gasteiger partial charge in [-0.25, -0.2) is 26.7 Å². The fraction of sp³-hybridized carbons (Fsp3) is 0.208. The quantitative estimate of drug-likeness (QED) is 0.446. The Morgan fingerprint density at radius 2 is 1.79 bits per heavy atom. The molecule has 0 saturated heterocycles. The third-order valence-electron chi connectivity index (χ3n) is 5.06. The predicted molar refractivity (Wildman–Crippen MR) is 121 cm³/mol. The van der Waals surface area contributed by atoms with Gasteiger partial charge in [0.25, 0.3) is 0 Å². The molecule has 0 amide bonds. The van der Waals surface area contributed by atoms with Gasteiger partial charge in [-0.2, -0.15) is 0 Å². The number of benzene rings is 3. The first-order valence-electron chi connectivity index (χ1n) is 10.2. The minimum absolute atomic E-state index is 0. The normalized spacial score (nSPS) is 11.4. The smallest absolute Gasteiger partial charge is 0.336 e. The molecule has 0 spiro atoms.